The van der Waals surface area contributed by atoms with Gasteiger partial charge in [0, 0.05) is 18.9 Å². The molecule has 0 radical (unpaired) electrons. The molecule has 0 unspecified atom stereocenters. The minimum atomic E-state index is -0.931. The van der Waals surface area contributed by atoms with Gasteiger partial charge >= 0.3 is 12.0 Å². The fourth-order valence-electron chi connectivity index (χ4n) is 2.31. The van der Waals surface area contributed by atoms with Gasteiger partial charge < -0.3 is 10.4 Å². The zero-order chi connectivity index (χ0) is 13.8. The van der Waals surface area contributed by atoms with Crippen LogP contribution >= 0.6 is 0 Å². The normalized spacial score (nSPS) is 18.2. The van der Waals surface area contributed by atoms with Crippen molar-refractivity contribution in [1.82, 2.24) is 10.6 Å². The SMILES string of the molecule is O=C(O)CCCC(=O)NC(=O)NC(C1CC1)C1CC1. The van der Waals surface area contributed by atoms with E-state index in [4.69, 9.17) is 5.11 Å². The fraction of sp³-hybridized carbons (Fsp3) is 0.769. The Bertz CT molecular complexity index is 363. The summed E-state index contributed by atoms with van der Waals surface area (Å²) in [5, 5.41) is 13.6. The average molecular weight is 268 g/mol. The first kappa shape index (κ1) is 13.8. The molecule has 2 rings (SSSR count). The summed E-state index contributed by atoms with van der Waals surface area (Å²) in [6.45, 7) is 0. The molecule has 2 aliphatic rings. The van der Waals surface area contributed by atoms with Crippen LogP contribution in [0.5, 0.6) is 0 Å². The lowest BCUT2D eigenvalue weighted by Crippen LogP contribution is -2.46. The Morgan fingerprint density at radius 2 is 1.63 bits per heavy atom. The quantitative estimate of drug-likeness (QED) is 0.647. The van der Waals surface area contributed by atoms with Crippen LogP contribution in [0.25, 0.3) is 0 Å². The maximum atomic E-state index is 11.7. The Kier molecular flexibility index (Phi) is 4.39. The van der Waals surface area contributed by atoms with Crippen LogP contribution in [-0.2, 0) is 9.59 Å². The number of rotatable bonds is 7. The molecule has 0 atom stereocenters. The monoisotopic (exact) mass is 268 g/mol. The molecule has 0 aromatic rings. The number of carbonyl (C=O) groups excluding carboxylic acids is 2. The van der Waals surface area contributed by atoms with Crippen molar-refractivity contribution < 1.29 is 19.5 Å². The molecule has 0 bridgehead atoms. The number of carbonyl (C=O) groups is 3. The van der Waals surface area contributed by atoms with Crippen molar-refractivity contribution in [3.05, 3.63) is 0 Å². The smallest absolute Gasteiger partial charge is 0.321 e. The van der Waals surface area contributed by atoms with Gasteiger partial charge in [0.05, 0.1) is 0 Å². The zero-order valence-electron chi connectivity index (χ0n) is 10.9. The Labute approximate surface area is 111 Å². The predicted molar refractivity (Wildman–Crippen MR) is 67.4 cm³/mol. The lowest BCUT2D eigenvalue weighted by Gasteiger charge is -2.17. The number of nitrogens with one attached hydrogen (secondary N) is 2. The van der Waals surface area contributed by atoms with E-state index in [-0.39, 0.29) is 25.3 Å². The molecule has 106 valence electrons. The molecule has 2 aliphatic carbocycles. The molecule has 0 spiro atoms. The van der Waals surface area contributed by atoms with E-state index in [1.165, 1.54) is 0 Å². The molecule has 6 heteroatoms. The van der Waals surface area contributed by atoms with E-state index < -0.39 is 17.9 Å². The van der Waals surface area contributed by atoms with Crippen molar-refractivity contribution in [3.8, 4) is 0 Å². The molecule has 0 saturated heterocycles. The number of urea groups is 1. The van der Waals surface area contributed by atoms with Crippen molar-refractivity contribution in [2.45, 2.75) is 51.0 Å². The number of aliphatic carboxylic acids is 1. The van der Waals surface area contributed by atoms with Crippen LogP contribution in [0.2, 0.25) is 0 Å². The number of carboxylic acids is 1. The Morgan fingerprint density at radius 3 is 2.11 bits per heavy atom. The van der Waals surface area contributed by atoms with Gasteiger partial charge in [-0.1, -0.05) is 0 Å². The Morgan fingerprint density at radius 1 is 1.05 bits per heavy atom. The van der Waals surface area contributed by atoms with Crippen LogP contribution in [0.15, 0.2) is 0 Å². The molecular weight excluding hydrogens is 248 g/mol. The van der Waals surface area contributed by atoms with E-state index in [0.717, 1.165) is 25.7 Å². The van der Waals surface area contributed by atoms with Gasteiger partial charge in [-0.3, -0.25) is 14.9 Å². The summed E-state index contributed by atoms with van der Waals surface area (Å²) in [5.74, 6) is -0.176. The van der Waals surface area contributed by atoms with Crippen LogP contribution in [0.1, 0.15) is 44.9 Å². The van der Waals surface area contributed by atoms with Crippen molar-refractivity contribution >= 4 is 17.9 Å². The van der Waals surface area contributed by atoms with Gasteiger partial charge in [-0.05, 0) is 43.9 Å². The standard InChI is InChI=1S/C13H20N2O4/c16-10(2-1-3-11(17)18)14-13(19)15-12(8-4-5-8)9-6-7-9/h8-9,12H,1-7H2,(H,17,18)(H2,14,15,16,19). The van der Waals surface area contributed by atoms with Crippen LogP contribution in [0.4, 0.5) is 4.79 Å². The van der Waals surface area contributed by atoms with E-state index >= 15 is 0 Å². The predicted octanol–water partition coefficient (Wildman–Crippen LogP) is 1.26. The molecule has 2 fully saturated rings. The molecule has 0 aromatic carbocycles. The summed E-state index contributed by atoms with van der Waals surface area (Å²) < 4.78 is 0. The number of imide groups is 1. The highest BCUT2D eigenvalue weighted by Crippen LogP contribution is 2.44. The highest BCUT2D eigenvalue weighted by atomic mass is 16.4. The summed E-state index contributed by atoms with van der Waals surface area (Å²) in [7, 11) is 0. The zero-order valence-corrected chi connectivity index (χ0v) is 10.9. The van der Waals surface area contributed by atoms with Crippen LogP contribution in [0, 0.1) is 11.8 Å². The van der Waals surface area contributed by atoms with E-state index in [2.05, 4.69) is 10.6 Å². The van der Waals surface area contributed by atoms with E-state index in [1.807, 2.05) is 0 Å². The molecular formula is C13H20N2O4. The maximum absolute atomic E-state index is 11.7. The lowest BCUT2D eigenvalue weighted by molar-refractivity contribution is -0.137. The minimum absolute atomic E-state index is 0.0538. The van der Waals surface area contributed by atoms with E-state index in [9.17, 15) is 14.4 Å². The van der Waals surface area contributed by atoms with Gasteiger partial charge in [0.25, 0.3) is 0 Å². The molecule has 0 heterocycles. The molecule has 2 saturated carbocycles. The third kappa shape index (κ3) is 4.89. The largest absolute Gasteiger partial charge is 0.481 e. The number of carboxylic acid groups (broad SMARTS) is 1. The maximum Gasteiger partial charge on any atom is 0.321 e. The number of amides is 3. The molecule has 0 aromatic heterocycles. The number of hydrogen-bond donors (Lipinski definition) is 3. The van der Waals surface area contributed by atoms with Gasteiger partial charge in [0.1, 0.15) is 0 Å². The summed E-state index contributed by atoms with van der Waals surface area (Å²) >= 11 is 0. The van der Waals surface area contributed by atoms with Crippen molar-refractivity contribution in [3.63, 3.8) is 0 Å². The topological polar surface area (TPSA) is 95.5 Å². The molecule has 6 nitrogen and oxygen atoms in total. The Hall–Kier alpha value is -1.59. The van der Waals surface area contributed by atoms with E-state index in [0.29, 0.717) is 11.8 Å². The summed E-state index contributed by atoms with van der Waals surface area (Å²) in [6, 6.07) is -0.226. The number of hydrogen-bond acceptors (Lipinski definition) is 3. The second-order valence-electron chi connectivity index (χ2n) is 5.47. The molecule has 19 heavy (non-hydrogen) atoms. The van der Waals surface area contributed by atoms with Crippen LogP contribution in [-0.4, -0.2) is 29.1 Å². The van der Waals surface area contributed by atoms with Gasteiger partial charge in [-0.25, -0.2) is 4.79 Å². The second kappa shape index (κ2) is 6.04. The first-order valence-electron chi connectivity index (χ1n) is 6.88. The van der Waals surface area contributed by atoms with Crippen molar-refractivity contribution in [1.29, 1.82) is 0 Å². The highest BCUT2D eigenvalue weighted by Gasteiger charge is 2.42. The Balaban J connectivity index is 1.65. The van der Waals surface area contributed by atoms with Gasteiger partial charge in [-0.15, -0.1) is 0 Å². The summed E-state index contributed by atoms with van der Waals surface area (Å²) in [5.41, 5.74) is 0. The van der Waals surface area contributed by atoms with Gasteiger partial charge in [0.2, 0.25) is 5.91 Å². The minimum Gasteiger partial charge on any atom is -0.481 e. The average Bonchev–Trinajstić information content (AvgIpc) is 3.17. The summed E-state index contributed by atoms with van der Waals surface area (Å²) in [6.07, 6.45) is 4.91. The third-order valence-electron chi connectivity index (χ3n) is 3.60. The fourth-order valence-corrected chi connectivity index (χ4v) is 2.31. The highest BCUT2D eigenvalue weighted by molar-refractivity contribution is 5.94. The van der Waals surface area contributed by atoms with E-state index in [1.54, 1.807) is 0 Å². The molecule has 3 amide bonds. The first-order valence-corrected chi connectivity index (χ1v) is 6.88. The van der Waals surface area contributed by atoms with Crippen molar-refractivity contribution in [2.75, 3.05) is 0 Å². The summed E-state index contributed by atoms with van der Waals surface area (Å²) in [4.78, 5) is 33.4. The third-order valence-corrected chi connectivity index (χ3v) is 3.60. The van der Waals surface area contributed by atoms with Crippen LogP contribution < -0.4 is 10.6 Å². The van der Waals surface area contributed by atoms with Gasteiger partial charge in [0.15, 0.2) is 0 Å². The van der Waals surface area contributed by atoms with Gasteiger partial charge in [-0.2, -0.15) is 0 Å². The van der Waals surface area contributed by atoms with Crippen molar-refractivity contribution in [2.24, 2.45) is 11.8 Å². The first-order chi connectivity index (χ1) is 9.06. The molecule has 3 N–H and O–H groups in total. The second-order valence-corrected chi connectivity index (χ2v) is 5.47. The molecule has 0 aliphatic heterocycles. The lowest BCUT2D eigenvalue weighted by atomic mass is 10.1. The van der Waals surface area contributed by atoms with Crippen LogP contribution in [0.3, 0.4) is 0 Å².